The molecule has 6 heteroatoms. The van der Waals surface area contributed by atoms with Crippen molar-refractivity contribution >= 4 is 5.97 Å². The van der Waals surface area contributed by atoms with E-state index in [1.165, 1.54) is 0 Å². The van der Waals surface area contributed by atoms with Gasteiger partial charge in [0.15, 0.2) is 0 Å². The quantitative estimate of drug-likeness (QED) is 0.819. The van der Waals surface area contributed by atoms with Gasteiger partial charge < -0.3 is 14.4 Å². The van der Waals surface area contributed by atoms with Crippen LogP contribution in [0.3, 0.4) is 0 Å². The minimum Gasteiger partial charge on any atom is -0.481 e. The van der Waals surface area contributed by atoms with Gasteiger partial charge in [-0.3, -0.25) is 4.79 Å². The molecule has 108 valence electrons. The fraction of sp³-hybridized carbons (Fsp3) is 0.769. The molecule has 0 saturated heterocycles. The van der Waals surface area contributed by atoms with Crippen LogP contribution in [0.25, 0.3) is 0 Å². The third kappa shape index (κ3) is 4.98. The van der Waals surface area contributed by atoms with Gasteiger partial charge in [0.1, 0.15) is 6.10 Å². The van der Waals surface area contributed by atoms with E-state index < -0.39 is 5.97 Å². The Labute approximate surface area is 113 Å². The van der Waals surface area contributed by atoms with Crippen LogP contribution in [0.2, 0.25) is 0 Å². The number of aryl methyl sites for hydroxylation is 1. The first kappa shape index (κ1) is 15.6. The van der Waals surface area contributed by atoms with E-state index in [9.17, 15) is 4.79 Å². The van der Waals surface area contributed by atoms with E-state index in [0.717, 1.165) is 0 Å². The Morgan fingerprint density at radius 1 is 1.47 bits per heavy atom. The molecule has 19 heavy (non-hydrogen) atoms. The van der Waals surface area contributed by atoms with Gasteiger partial charge in [0.05, 0.1) is 0 Å². The molecule has 0 bridgehead atoms. The van der Waals surface area contributed by atoms with Crippen molar-refractivity contribution in [1.82, 2.24) is 10.1 Å². The lowest BCUT2D eigenvalue weighted by atomic mass is 9.88. The number of nitrogens with zero attached hydrogens (tertiary/aromatic N) is 2. The number of hydrogen-bond donors (Lipinski definition) is 1. The molecule has 0 aliphatic carbocycles. The Morgan fingerprint density at radius 3 is 2.68 bits per heavy atom. The summed E-state index contributed by atoms with van der Waals surface area (Å²) in [6.45, 7) is 8.65. The molecule has 1 atom stereocenters. The van der Waals surface area contributed by atoms with Crippen LogP contribution in [-0.4, -0.2) is 27.8 Å². The van der Waals surface area contributed by atoms with E-state index in [1.54, 1.807) is 0 Å². The molecule has 0 spiro atoms. The monoisotopic (exact) mass is 270 g/mol. The maximum Gasteiger partial charge on any atom is 0.303 e. The first-order valence-corrected chi connectivity index (χ1v) is 6.50. The van der Waals surface area contributed by atoms with Crippen LogP contribution in [0.4, 0.5) is 0 Å². The number of carbonyl (C=O) groups is 1. The Balaban J connectivity index is 2.68. The smallest absolute Gasteiger partial charge is 0.303 e. The summed E-state index contributed by atoms with van der Waals surface area (Å²) >= 11 is 0. The number of hydrogen-bond acceptors (Lipinski definition) is 5. The first-order chi connectivity index (χ1) is 8.84. The van der Waals surface area contributed by atoms with Crippen LogP contribution in [0.5, 0.6) is 0 Å². The summed E-state index contributed by atoms with van der Waals surface area (Å²) in [4.78, 5) is 14.7. The van der Waals surface area contributed by atoms with Crippen molar-refractivity contribution in [1.29, 1.82) is 0 Å². The van der Waals surface area contributed by atoms with E-state index in [1.807, 2.05) is 27.7 Å². The second kappa shape index (κ2) is 6.65. The predicted molar refractivity (Wildman–Crippen MR) is 68.7 cm³/mol. The highest BCUT2D eigenvalue weighted by Gasteiger charge is 2.31. The number of aromatic nitrogens is 2. The van der Waals surface area contributed by atoms with Crippen molar-refractivity contribution in [3.05, 3.63) is 11.7 Å². The molecule has 1 aromatic rings. The van der Waals surface area contributed by atoms with Crippen molar-refractivity contribution in [2.45, 2.75) is 53.1 Å². The minimum atomic E-state index is -0.818. The van der Waals surface area contributed by atoms with E-state index in [-0.39, 0.29) is 17.9 Å². The molecule has 0 amide bonds. The first-order valence-electron chi connectivity index (χ1n) is 6.50. The fourth-order valence-corrected chi connectivity index (χ4v) is 1.75. The van der Waals surface area contributed by atoms with Crippen LogP contribution in [0.1, 0.15) is 58.4 Å². The lowest BCUT2D eigenvalue weighted by Gasteiger charge is -2.27. The van der Waals surface area contributed by atoms with Crippen molar-refractivity contribution in [2.75, 3.05) is 6.61 Å². The Kier molecular flexibility index (Phi) is 5.47. The number of carboxylic acid groups (broad SMARTS) is 1. The average molecular weight is 270 g/mol. The number of aliphatic carboxylic acids is 1. The lowest BCUT2D eigenvalue weighted by Crippen LogP contribution is -2.22. The Bertz CT molecular complexity index is 409. The van der Waals surface area contributed by atoms with E-state index >= 15 is 0 Å². The highest BCUT2D eigenvalue weighted by atomic mass is 16.5. The molecular formula is C13H22N2O4. The summed E-state index contributed by atoms with van der Waals surface area (Å²) in [6.07, 6.45) is 0.842. The van der Waals surface area contributed by atoms with Crippen LogP contribution >= 0.6 is 0 Å². The fourth-order valence-electron chi connectivity index (χ4n) is 1.75. The molecule has 1 rings (SSSR count). The van der Waals surface area contributed by atoms with E-state index in [4.69, 9.17) is 14.4 Å². The molecule has 6 nitrogen and oxygen atoms in total. The number of carboxylic acids is 1. The molecule has 0 fully saturated rings. The normalized spacial score (nSPS) is 13.5. The molecule has 1 N–H and O–H groups in total. The summed E-state index contributed by atoms with van der Waals surface area (Å²) < 4.78 is 10.8. The largest absolute Gasteiger partial charge is 0.481 e. The van der Waals surface area contributed by atoms with Crippen molar-refractivity contribution in [3.8, 4) is 0 Å². The summed E-state index contributed by atoms with van der Waals surface area (Å²) in [5.41, 5.74) is -0.127. The summed E-state index contributed by atoms with van der Waals surface area (Å²) in [5, 5.41) is 12.5. The topological polar surface area (TPSA) is 85.5 Å². The summed E-state index contributed by atoms with van der Waals surface area (Å²) in [6, 6.07) is 0. The van der Waals surface area contributed by atoms with Crippen LogP contribution in [0, 0.1) is 5.41 Å². The van der Waals surface area contributed by atoms with Gasteiger partial charge in [-0.05, 0) is 18.8 Å². The second-order valence-corrected chi connectivity index (χ2v) is 5.50. The Hall–Kier alpha value is -1.43. The SMILES string of the molecule is CCOC(c1noc(CCCC(=O)O)n1)C(C)(C)C. The molecule has 0 saturated carbocycles. The van der Waals surface area contributed by atoms with Gasteiger partial charge in [-0.15, -0.1) is 0 Å². The molecule has 0 aliphatic rings. The van der Waals surface area contributed by atoms with Gasteiger partial charge in [0.25, 0.3) is 0 Å². The van der Waals surface area contributed by atoms with Crippen molar-refractivity contribution < 1.29 is 19.2 Å². The van der Waals surface area contributed by atoms with Crippen LogP contribution < -0.4 is 0 Å². The highest BCUT2D eigenvalue weighted by molar-refractivity contribution is 5.66. The van der Waals surface area contributed by atoms with Gasteiger partial charge in [-0.2, -0.15) is 4.98 Å². The zero-order valence-electron chi connectivity index (χ0n) is 12.0. The van der Waals surface area contributed by atoms with E-state index in [0.29, 0.717) is 31.2 Å². The number of rotatable bonds is 7. The van der Waals surface area contributed by atoms with Crippen LogP contribution in [-0.2, 0) is 16.0 Å². The second-order valence-electron chi connectivity index (χ2n) is 5.50. The lowest BCUT2D eigenvalue weighted by molar-refractivity contribution is -0.137. The minimum absolute atomic E-state index is 0.103. The molecule has 0 aliphatic heterocycles. The predicted octanol–water partition coefficient (Wildman–Crippen LogP) is 2.60. The molecule has 1 unspecified atom stereocenters. The summed E-state index contributed by atoms with van der Waals surface area (Å²) in [7, 11) is 0. The standard InChI is InChI=1S/C13H22N2O4/c1-5-18-11(13(2,3)4)12-14-9(19-15-12)7-6-8-10(16)17/h11H,5-8H2,1-4H3,(H,16,17). The third-order valence-electron chi connectivity index (χ3n) is 2.62. The van der Waals surface area contributed by atoms with Gasteiger partial charge in [0.2, 0.25) is 11.7 Å². The summed E-state index contributed by atoms with van der Waals surface area (Å²) in [5.74, 6) is 0.173. The van der Waals surface area contributed by atoms with Gasteiger partial charge >= 0.3 is 5.97 Å². The zero-order chi connectivity index (χ0) is 14.5. The molecule has 0 radical (unpaired) electrons. The Morgan fingerprint density at radius 2 is 2.16 bits per heavy atom. The number of ether oxygens (including phenoxy) is 1. The third-order valence-corrected chi connectivity index (χ3v) is 2.62. The zero-order valence-corrected chi connectivity index (χ0v) is 12.0. The van der Waals surface area contributed by atoms with Gasteiger partial charge in [0, 0.05) is 19.4 Å². The maximum atomic E-state index is 10.4. The average Bonchev–Trinajstić information content (AvgIpc) is 2.72. The molecule has 1 heterocycles. The molecule has 1 aromatic heterocycles. The molecule has 0 aromatic carbocycles. The maximum absolute atomic E-state index is 10.4. The van der Waals surface area contributed by atoms with Crippen molar-refractivity contribution in [3.63, 3.8) is 0 Å². The van der Waals surface area contributed by atoms with E-state index in [2.05, 4.69) is 10.1 Å². The van der Waals surface area contributed by atoms with Crippen molar-refractivity contribution in [2.24, 2.45) is 5.41 Å². The van der Waals surface area contributed by atoms with Gasteiger partial charge in [-0.1, -0.05) is 25.9 Å². The van der Waals surface area contributed by atoms with Crippen LogP contribution in [0.15, 0.2) is 4.52 Å². The highest BCUT2D eigenvalue weighted by Crippen LogP contribution is 2.34. The molecular weight excluding hydrogens is 248 g/mol. The van der Waals surface area contributed by atoms with Gasteiger partial charge in [-0.25, -0.2) is 0 Å².